The van der Waals surface area contributed by atoms with E-state index in [1.807, 2.05) is 30.3 Å². The lowest BCUT2D eigenvalue weighted by molar-refractivity contribution is 0.0934. The standard InChI is InChI=1S/C20H24N2O3/c1-3-9-18(15-10-6-5-7-11-15)22-19(23)16-12-8-13-17(14-16)21-20(24)25-4-2/h5-8,10-14,18H,3-4,9H2,1-2H3,(H,21,24)(H,22,23). The average molecular weight is 340 g/mol. The summed E-state index contributed by atoms with van der Waals surface area (Å²) < 4.78 is 4.85. The molecule has 0 aromatic heterocycles. The van der Waals surface area contributed by atoms with Crippen LogP contribution >= 0.6 is 0 Å². The summed E-state index contributed by atoms with van der Waals surface area (Å²) in [4.78, 5) is 24.1. The van der Waals surface area contributed by atoms with E-state index in [2.05, 4.69) is 17.6 Å². The summed E-state index contributed by atoms with van der Waals surface area (Å²) in [6.45, 7) is 4.12. The second-order valence-electron chi connectivity index (χ2n) is 5.65. The van der Waals surface area contributed by atoms with Gasteiger partial charge in [-0.1, -0.05) is 49.7 Å². The van der Waals surface area contributed by atoms with Crippen LogP contribution in [0, 0.1) is 0 Å². The van der Waals surface area contributed by atoms with Gasteiger partial charge >= 0.3 is 6.09 Å². The molecule has 0 aliphatic rings. The zero-order valence-electron chi connectivity index (χ0n) is 14.6. The highest BCUT2D eigenvalue weighted by Gasteiger charge is 2.15. The lowest BCUT2D eigenvalue weighted by Crippen LogP contribution is -2.28. The summed E-state index contributed by atoms with van der Waals surface area (Å²) >= 11 is 0. The van der Waals surface area contributed by atoms with Crippen molar-refractivity contribution >= 4 is 17.7 Å². The highest BCUT2D eigenvalue weighted by atomic mass is 16.5. The summed E-state index contributed by atoms with van der Waals surface area (Å²) in [7, 11) is 0. The van der Waals surface area contributed by atoms with Crippen LogP contribution in [0.1, 0.15) is 48.7 Å². The first-order valence-electron chi connectivity index (χ1n) is 8.53. The summed E-state index contributed by atoms with van der Waals surface area (Å²) in [6.07, 6.45) is 1.29. The zero-order chi connectivity index (χ0) is 18.1. The molecule has 132 valence electrons. The third kappa shape index (κ3) is 5.64. The van der Waals surface area contributed by atoms with Crippen LogP contribution in [-0.2, 0) is 4.74 Å². The van der Waals surface area contributed by atoms with Crippen molar-refractivity contribution in [3.63, 3.8) is 0 Å². The number of carbonyl (C=O) groups is 2. The second-order valence-corrected chi connectivity index (χ2v) is 5.65. The number of amides is 2. The molecule has 2 amide bonds. The maximum atomic E-state index is 12.6. The Balaban J connectivity index is 2.09. The van der Waals surface area contributed by atoms with Gasteiger partial charge in [0.1, 0.15) is 0 Å². The fourth-order valence-corrected chi connectivity index (χ4v) is 2.56. The van der Waals surface area contributed by atoms with Gasteiger partial charge in [-0.3, -0.25) is 10.1 Å². The second kappa shape index (κ2) is 9.47. The van der Waals surface area contributed by atoms with Crippen LogP contribution in [-0.4, -0.2) is 18.6 Å². The van der Waals surface area contributed by atoms with Gasteiger partial charge in [0.25, 0.3) is 5.91 Å². The van der Waals surface area contributed by atoms with E-state index in [4.69, 9.17) is 4.74 Å². The lowest BCUT2D eigenvalue weighted by atomic mass is 10.0. The maximum Gasteiger partial charge on any atom is 0.411 e. The Labute approximate surface area is 148 Å². The van der Waals surface area contributed by atoms with Gasteiger partial charge in [0.2, 0.25) is 0 Å². The van der Waals surface area contributed by atoms with Crippen LogP contribution in [0.4, 0.5) is 10.5 Å². The number of nitrogens with one attached hydrogen (secondary N) is 2. The number of hydrogen-bond donors (Lipinski definition) is 2. The SMILES string of the molecule is CCCC(NC(=O)c1cccc(NC(=O)OCC)c1)c1ccccc1. The molecular weight excluding hydrogens is 316 g/mol. The Morgan fingerprint density at radius 2 is 1.80 bits per heavy atom. The number of ether oxygens (including phenoxy) is 1. The van der Waals surface area contributed by atoms with Crippen LogP contribution in [0.5, 0.6) is 0 Å². The molecule has 2 N–H and O–H groups in total. The predicted octanol–water partition coefficient (Wildman–Crippen LogP) is 4.53. The minimum atomic E-state index is -0.534. The molecule has 0 spiro atoms. The Bertz CT molecular complexity index is 701. The fraction of sp³-hybridized carbons (Fsp3) is 0.300. The topological polar surface area (TPSA) is 67.4 Å². The molecule has 25 heavy (non-hydrogen) atoms. The first-order chi connectivity index (χ1) is 12.1. The molecule has 0 radical (unpaired) electrons. The molecule has 0 aliphatic carbocycles. The Hall–Kier alpha value is -2.82. The molecule has 0 saturated heterocycles. The maximum absolute atomic E-state index is 12.6. The van der Waals surface area contributed by atoms with Crippen molar-refractivity contribution in [2.45, 2.75) is 32.7 Å². The monoisotopic (exact) mass is 340 g/mol. The Morgan fingerprint density at radius 1 is 1.04 bits per heavy atom. The van der Waals surface area contributed by atoms with Gasteiger partial charge in [-0.15, -0.1) is 0 Å². The molecule has 2 aromatic rings. The molecule has 5 heteroatoms. The molecule has 0 aliphatic heterocycles. The van der Waals surface area contributed by atoms with Gasteiger partial charge in [0.05, 0.1) is 12.6 Å². The molecular formula is C20H24N2O3. The summed E-state index contributed by atoms with van der Waals surface area (Å²) in [6, 6.07) is 16.7. The van der Waals surface area contributed by atoms with Crippen molar-refractivity contribution in [3.05, 3.63) is 65.7 Å². The Kier molecular flexibility index (Phi) is 7.01. The summed E-state index contributed by atoms with van der Waals surface area (Å²) in [5.41, 5.74) is 2.10. The van der Waals surface area contributed by atoms with Gasteiger partial charge < -0.3 is 10.1 Å². The number of carbonyl (C=O) groups excluding carboxylic acids is 2. The molecule has 5 nitrogen and oxygen atoms in total. The van der Waals surface area contributed by atoms with E-state index in [0.717, 1.165) is 18.4 Å². The van der Waals surface area contributed by atoms with Gasteiger partial charge in [-0.2, -0.15) is 0 Å². The first kappa shape index (κ1) is 18.5. The Morgan fingerprint density at radius 3 is 2.48 bits per heavy atom. The van der Waals surface area contributed by atoms with Gasteiger partial charge in [0.15, 0.2) is 0 Å². The average Bonchev–Trinajstić information content (AvgIpc) is 2.62. The quantitative estimate of drug-likeness (QED) is 0.778. The van der Waals surface area contributed by atoms with Crippen molar-refractivity contribution in [3.8, 4) is 0 Å². The minimum absolute atomic E-state index is 0.0413. The van der Waals surface area contributed by atoms with Crippen molar-refractivity contribution in [1.82, 2.24) is 5.32 Å². The molecule has 1 unspecified atom stereocenters. The largest absolute Gasteiger partial charge is 0.450 e. The normalized spacial score (nSPS) is 11.4. The number of benzene rings is 2. The molecule has 0 saturated carbocycles. The first-order valence-corrected chi connectivity index (χ1v) is 8.53. The fourth-order valence-electron chi connectivity index (χ4n) is 2.56. The third-order valence-electron chi connectivity index (χ3n) is 3.73. The highest BCUT2D eigenvalue weighted by Crippen LogP contribution is 2.19. The summed E-state index contributed by atoms with van der Waals surface area (Å²) in [5.74, 6) is -0.171. The van der Waals surface area contributed by atoms with Gasteiger partial charge in [-0.05, 0) is 37.1 Å². The van der Waals surface area contributed by atoms with E-state index in [-0.39, 0.29) is 11.9 Å². The predicted molar refractivity (Wildman–Crippen MR) is 98.6 cm³/mol. The zero-order valence-corrected chi connectivity index (χ0v) is 14.6. The molecule has 1 atom stereocenters. The van der Waals surface area contributed by atoms with Crippen LogP contribution in [0.2, 0.25) is 0 Å². The molecule has 2 rings (SSSR count). The van der Waals surface area contributed by atoms with Crippen molar-refractivity contribution in [2.75, 3.05) is 11.9 Å². The molecule has 0 fully saturated rings. The minimum Gasteiger partial charge on any atom is -0.450 e. The van der Waals surface area contributed by atoms with Gasteiger partial charge in [-0.25, -0.2) is 4.79 Å². The van der Waals surface area contributed by atoms with Crippen LogP contribution in [0.3, 0.4) is 0 Å². The number of anilines is 1. The molecule has 0 heterocycles. The van der Waals surface area contributed by atoms with E-state index in [1.165, 1.54) is 0 Å². The van der Waals surface area contributed by atoms with E-state index in [1.54, 1.807) is 31.2 Å². The number of hydrogen-bond acceptors (Lipinski definition) is 3. The highest BCUT2D eigenvalue weighted by molar-refractivity contribution is 5.96. The summed E-state index contributed by atoms with van der Waals surface area (Å²) in [5, 5.41) is 5.68. The number of rotatable bonds is 7. The van der Waals surface area contributed by atoms with Gasteiger partial charge in [0, 0.05) is 11.3 Å². The van der Waals surface area contributed by atoms with Crippen molar-refractivity contribution in [1.29, 1.82) is 0 Å². The lowest BCUT2D eigenvalue weighted by Gasteiger charge is -2.19. The van der Waals surface area contributed by atoms with Crippen molar-refractivity contribution < 1.29 is 14.3 Å². The molecule has 2 aromatic carbocycles. The van der Waals surface area contributed by atoms with Crippen LogP contribution < -0.4 is 10.6 Å². The van der Waals surface area contributed by atoms with E-state index >= 15 is 0 Å². The van der Waals surface area contributed by atoms with E-state index < -0.39 is 6.09 Å². The van der Waals surface area contributed by atoms with E-state index in [0.29, 0.717) is 17.9 Å². The third-order valence-corrected chi connectivity index (χ3v) is 3.73. The van der Waals surface area contributed by atoms with E-state index in [9.17, 15) is 9.59 Å². The molecule has 0 bridgehead atoms. The van der Waals surface area contributed by atoms with Crippen molar-refractivity contribution in [2.24, 2.45) is 0 Å². The van der Waals surface area contributed by atoms with Crippen LogP contribution in [0.25, 0.3) is 0 Å². The van der Waals surface area contributed by atoms with Crippen LogP contribution in [0.15, 0.2) is 54.6 Å². The smallest absolute Gasteiger partial charge is 0.411 e.